The zero-order valence-corrected chi connectivity index (χ0v) is 6.12. The second-order valence-electron chi connectivity index (χ2n) is 2.55. The molecule has 0 unspecified atom stereocenters. The summed E-state index contributed by atoms with van der Waals surface area (Å²) < 4.78 is 3.63. The van der Waals surface area contributed by atoms with E-state index in [-0.39, 0.29) is 0 Å². The van der Waals surface area contributed by atoms with Gasteiger partial charge in [0.2, 0.25) is 5.65 Å². The molecule has 0 saturated carbocycles. The lowest BCUT2D eigenvalue weighted by atomic mass is 10.5. The number of aromatic nitrogens is 5. The highest BCUT2D eigenvalue weighted by molar-refractivity contribution is 5.69. The molecule has 5 nitrogen and oxygen atoms in total. The van der Waals surface area contributed by atoms with Gasteiger partial charge in [-0.15, -0.1) is 5.10 Å². The lowest BCUT2D eigenvalue weighted by Crippen LogP contribution is -1.90. The smallest absolute Gasteiger partial charge is 0.203 e. The number of nitrogens with zero attached hydrogens (tertiary/aromatic N) is 5. The second-order valence-corrected chi connectivity index (χ2v) is 2.55. The van der Waals surface area contributed by atoms with Gasteiger partial charge in [0.15, 0.2) is 0 Å². The zero-order valence-electron chi connectivity index (χ0n) is 6.12. The van der Waals surface area contributed by atoms with Crippen molar-refractivity contribution >= 4 is 11.2 Å². The van der Waals surface area contributed by atoms with Gasteiger partial charge in [-0.3, -0.25) is 0 Å². The number of tetrazole rings is 1. The minimum atomic E-state index is 0.780. The van der Waals surface area contributed by atoms with Gasteiger partial charge in [-0.05, 0) is 22.6 Å². The molecule has 3 heterocycles. The van der Waals surface area contributed by atoms with Crippen LogP contribution in [0.15, 0.2) is 30.7 Å². The maximum Gasteiger partial charge on any atom is 0.203 e. The number of hydrogen-bond donors (Lipinski definition) is 0. The number of fused-ring (bicyclic) bond motifs is 3. The van der Waals surface area contributed by atoms with Crippen LogP contribution in [0.4, 0.5) is 0 Å². The van der Waals surface area contributed by atoms with Gasteiger partial charge in [-0.25, -0.2) is 0 Å². The molecule has 58 valence electrons. The van der Waals surface area contributed by atoms with Gasteiger partial charge < -0.3 is 4.40 Å². The van der Waals surface area contributed by atoms with E-state index in [1.807, 2.05) is 35.1 Å². The molecule has 12 heavy (non-hydrogen) atoms. The summed E-state index contributed by atoms with van der Waals surface area (Å²) in [5, 5.41) is 11.3. The van der Waals surface area contributed by atoms with Gasteiger partial charge in [0.1, 0.15) is 0 Å². The Labute approximate surface area is 67.2 Å². The van der Waals surface area contributed by atoms with E-state index in [2.05, 4.69) is 15.5 Å². The summed E-state index contributed by atoms with van der Waals surface area (Å²) in [7, 11) is 0. The first-order valence-electron chi connectivity index (χ1n) is 3.58. The Morgan fingerprint density at radius 2 is 2.17 bits per heavy atom. The van der Waals surface area contributed by atoms with Crippen LogP contribution >= 0.6 is 0 Å². The van der Waals surface area contributed by atoms with Crippen LogP contribution < -0.4 is 0 Å². The van der Waals surface area contributed by atoms with Gasteiger partial charge in [-0.1, -0.05) is 0 Å². The molecule has 0 radical (unpaired) electrons. The van der Waals surface area contributed by atoms with Crippen molar-refractivity contribution < 1.29 is 0 Å². The molecule has 0 N–H and O–H groups in total. The van der Waals surface area contributed by atoms with Crippen molar-refractivity contribution in [2.75, 3.05) is 0 Å². The fraction of sp³-hybridized carbons (Fsp3) is 0. The molecule has 5 heteroatoms. The summed E-state index contributed by atoms with van der Waals surface area (Å²) in [6, 6.07) is 3.94. The molecule has 0 bridgehead atoms. The molecule has 0 amide bonds. The van der Waals surface area contributed by atoms with Crippen molar-refractivity contribution in [1.82, 2.24) is 24.4 Å². The van der Waals surface area contributed by atoms with Gasteiger partial charge in [0, 0.05) is 18.6 Å². The maximum atomic E-state index is 3.90. The fourth-order valence-electron chi connectivity index (χ4n) is 1.31. The molecule has 0 aliphatic carbocycles. The van der Waals surface area contributed by atoms with Gasteiger partial charge in [-0.2, -0.15) is 4.52 Å². The molecule has 0 spiro atoms. The minimum absolute atomic E-state index is 0.780. The third kappa shape index (κ3) is 0.554. The van der Waals surface area contributed by atoms with E-state index in [0.29, 0.717) is 0 Å². The summed E-state index contributed by atoms with van der Waals surface area (Å²) in [5.41, 5.74) is 1.80. The van der Waals surface area contributed by atoms with Crippen molar-refractivity contribution in [3.8, 4) is 0 Å². The van der Waals surface area contributed by atoms with E-state index in [1.54, 1.807) is 4.52 Å². The molecule has 0 aliphatic rings. The maximum absolute atomic E-state index is 3.90. The normalized spacial score (nSPS) is 11.3. The number of hydrogen-bond acceptors (Lipinski definition) is 3. The first-order valence-corrected chi connectivity index (χ1v) is 3.58. The van der Waals surface area contributed by atoms with Crippen molar-refractivity contribution in [2.45, 2.75) is 0 Å². The highest BCUT2D eigenvalue weighted by Crippen LogP contribution is 2.08. The molecular formula is C7H5N5. The van der Waals surface area contributed by atoms with E-state index >= 15 is 0 Å². The van der Waals surface area contributed by atoms with Crippen LogP contribution in [-0.4, -0.2) is 24.4 Å². The van der Waals surface area contributed by atoms with E-state index in [9.17, 15) is 0 Å². The first-order chi connectivity index (χ1) is 5.95. The minimum Gasteiger partial charge on any atom is -0.319 e. The topological polar surface area (TPSA) is 47.5 Å². The van der Waals surface area contributed by atoms with Crippen molar-refractivity contribution in [1.29, 1.82) is 0 Å². The van der Waals surface area contributed by atoms with Gasteiger partial charge >= 0.3 is 0 Å². The Hall–Kier alpha value is -1.91. The first kappa shape index (κ1) is 5.70. The third-order valence-electron chi connectivity index (χ3n) is 1.87. The van der Waals surface area contributed by atoms with Gasteiger partial charge in [0.05, 0.1) is 5.52 Å². The Balaban J connectivity index is 2.71. The highest BCUT2D eigenvalue weighted by Gasteiger charge is 2.01. The van der Waals surface area contributed by atoms with Crippen LogP contribution in [-0.2, 0) is 0 Å². The van der Waals surface area contributed by atoms with Crippen LogP contribution in [0.1, 0.15) is 0 Å². The average Bonchev–Trinajstić information content (AvgIpc) is 2.71. The predicted molar refractivity (Wildman–Crippen MR) is 41.7 cm³/mol. The standard InChI is InChI=1S/C7H5N5/c1-2-6-7-8-9-10-12(7)5-4-11(6)3-1/h1-5H. The summed E-state index contributed by atoms with van der Waals surface area (Å²) in [4.78, 5) is 0. The summed E-state index contributed by atoms with van der Waals surface area (Å²) in [5.74, 6) is 0. The van der Waals surface area contributed by atoms with Gasteiger partial charge in [0.25, 0.3) is 0 Å². The molecule has 0 aliphatic heterocycles. The van der Waals surface area contributed by atoms with Crippen LogP contribution in [0.5, 0.6) is 0 Å². The number of rotatable bonds is 0. The molecule has 0 aromatic carbocycles. The van der Waals surface area contributed by atoms with Crippen LogP contribution in [0.2, 0.25) is 0 Å². The Morgan fingerprint density at radius 1 is 1.17 bits per heavy atom. The quantitative estimate of drug-likeness (QED) is 0.476. The summed E-state index contributed by atoms with van der Waals surface area (Å²) in [6.07, 6.45) is 5.70. The predicted octanol–water partition coefficient (Wildman–Crippen LogP) is 0.377. The summed E-state index contributed by atoms with van der Waals surface area (Å²) in [6.45, 7) is 0. The third-order valence-corrected chi connectivity index (χ3v) is 1.87. The molecule has 0 atom stereocenters. The molecule has 0 saturated heterocycles. The van der Waals surface area contributed by atoms with E-state index in [0.717, 1.165) is 11.2 Å². The lowest BCUT2D eigenvalue weighted by molar-refractivity contribution is 0.819. The highest BCUT2D eigenvalue weighted by atomic mass is 15.5. The average molecular weight is 159 g/mol. The SMILES string of the molecule is c1cc2c3nnnn3ccn2c1. The van der Waals surface area contributed by atoms with E-state index in [1.165, 1.54) is 0 Å². The molecular weight excluding hydrogens is 154 g/mol. The Bertz CT molecular complexity index is 485. The van der Waals surface area contributed by atoms with E-state index < -0.39 is 0 Å². The van der Waals surface area contributed by atoms with Crippen LogP contribution in [0.25, 0.3) is 11.2 Å². The van der Waals surface area contributed by atoms with E-state index in [4.69, 9.17) is 0 Å². The van der Waals surface area contributed by atoms with Crippen molar-refractivity contribution in [3.05, 3.63) is 30.7 Å². The molecule has 0 fully saturated rings. The Kier molecular flexibility index (Phi) is 0.864. The molecule has 3 aromatic rings. The largest absolute Gasteiger partial charge is 0.319 e. The fourth-order valence-corrected chi connectivity index (χ4v) is 1.31. The van der Waals surface area contributed by atoms with Crippen LogP contribution in [0.3, 0.4) is 0 Å². The Morgan fingerprint density at radius 3 is 3.17 bits per heavy atom. The zero-order chi connectivity index (χ0) is 7.97. The van der Waals surface area contributed by atoms with Crippen molar-refractivity contribution in [3.63, 3.8) is 0 Å². The monoisotopic (exact) mass is 159 g/mol. The molecule has 3 rings (SSSR count). The lowest BCUT2D eigenvalue weighted by Gasteiger charge is -1.93. The summed E-state index contributed by atoms with van der Waals surface area (Å²) >= 11 is 0. The van der Waals surface area contributed by atoms with Crippen molar-refractivity contribution in [2.24, 2.45) is 0 Å². The molecule has 3 aromatic heterocycles. The second kappa shape index (κ2) is 1.82. The van der Waals surface area contributed by atoms with Crippen LogP contribution in [0, 0.1) is 0 Å².